The summed E-state index contributed by atoms with van der Waals surface area (Å²) in [4.78, 5) is 0. The number of nitrogens with one attached hydrogen (secondary N) is 1. The lowest BCUT2D eigenvalue weighted by molar-refractivity contribution is 0.120. The largest absolute Gasteiger partial charge is 0.494 e. The lowest BCUT2D eigenvalue weighted by atomic mass is 10.2. The maximum Gasteiger partial charge on any atom is 0.153 e. The Morgan fingerprint density at radius 3 is 3.05 bits per heavy atom. The van der Waals surface area contributed by atoms with E-state index in [1.54, 1.807) is 11.8 Å². The topological polar surface area (TPSA) is 74.1 Å². The zero-order valence-electron chi connectivity index (χ0n) is 12.2. The minimum atomic E-state index is 0.297. The Kier molecular flexibility index (Phi) is 4.01. The number of aromatic nitrogens is 4. The van der Waals surface area contributed by atoms with E-state index in [1.807, 2.05) is 25.1 Å². The first-order chi connectivity index (χ1) is 10.3. The number of benzene rings is 1. The normalized spacial score (nSPS) is 17.9. The van der Waals surface area contributed by atoms with Gasteiger partial charge in [0.1, 0.15) is 11.4 Å². The average molecular weight is 289 g/mol. The summed E-state index contributed by atoms with van der Waals surface area (Å²) in [5.74, 6) is 1.44. The van der Waals surface area contributed by atoms with Crippen LogP contribution in [0.2, 0.25) is 0 Å². The number of methoxy groups -OCH3 is 1. The van der Waals surface area contributed by atoms with Crippen molar-refractivity contribution in [1.82, 2.24) is 20.2 Å². The van der Waals surface area contributed by atoms with Crippen molar-refractivity contribution in [2.75, 3.05) is 25.6 Å². The molecule has 112 valence electrons. The number of nitrogens with zero attached hydrogens (tertiary/aromatic N) is 4. The lowest BCUT2D eigenvalue weighted by Gasteiger charge is -2.14. The van der Waals surface area contributed by atoms with E-state index in [0.717, 1.165) is 43.1 Å². The molecule has 0 spiro atoms. The molecule has 0 saturated carbocycles. The Balaban J connectivity index is 1.81. The van der Waals surface area contributed by atoms with E-state index >= 15 is 0 Å². The fourth-order valence-electron chi connectivity index (χ4n) is 2.46. The van der Waals surface area contributed by atoms with Crippen LogP contribution < -0.4 is 10.1 Å². The van der Waals surface area contributed by atoms with Gasteiger partial charge in [0.05, 0.1) is 13.2 Å². The van der Waals surface area contributed by atoms with E-state index < -0.39 is 0 Å². The van der Waals surface area contributed by atoms with Gasteiger partial charge in [-0.25, -0.2) is 0 Å². The molecule has 2 aromatic rings. The zero-order valence-corrected chi connectivity index (χ0v) is 12.2. The number of aryl methyl sites for hydroxylation is 1. The predicted octanol–water partition coefficient (Wildman–Crippen LogP) is 1.57. The summed E-state index contributed by atoms with van der Waals surface area (Å²) in [7, 11) is 1.64. The fourth-order valence-corrected chi connectivity index (χ4v) is 2.46. The highest BCUT2D eigenvalue weighted by Crippen LogP contribution is 2.26. The SMILES string of the molecule is COc1ccc(NC[C@@H]2CCCO2)cc1-n1nnnc1C. The molecule has 1 saturated heterocycles. The third kappa shape index (κ3) is 2.97. The smallest absolute Gasteiger partial charge is 0.153 e. The second kappa shape index (κ2) is 6.09. The molecule has 1 aromatic carbocycles. The van der Waals surface area contributed by atoms with Crippen molar-refractivity contribution in [2.45, 2.75) is 25.9 Å². The second-order valence-electron chi connectivity index (χ2n) is 5.04. The Bertz CT molecular complexity index is 607. The maximum atomic E-state index is 5.62. The summed E-state index contributed by atoms with van der Waals surface area (Å²) in [6, 6.07) is 5.88. The Morgan fingerprint density at radius 2 is 2.38 bits per heavy atom. The molecule has 7 nitrogen and oxygen atoms in total. The summed E-state index contributed by atoms with van der Waals surface area (Å²) in [6.45, 7) is 3.52. The molecule has 1 atom stereocenters. The zero-order chi connectivity index (χ0) is 14.7. The Hall–Kier alpha value is -2.15. The average Bonchev–Trinajstić information content (AvgIpc) is 3.16. The molecule has 1 aliphatic heterocycles. The lowest BCUT2D eigenvalue weighted by Crippen LogP contribution is -2.18. The van der Waals surface area contributed by atoms with E-state index in [1.165, 1.54) is 0 Å². The molecule has 1 N–H and O–H groups in total. The van der Waals surface area contributed by atoms with Crippen molar-refractivity contribution in [3.63, 3.8) is 0 Å². The van der Waals surface area contributed by atoms with Gasteiger partial charge in [-0.1, -0.05) is 0 Å². The van der Waals surface area contributed by atoms with Crippen LogP contribution in [-0.2, 0) is 4.74 Å². The monoisotopic (exact) mass is 289 g/mol. The number of anilines is 1. The molecule has 0 unspecified atom stereocenters. The molecule has 7 heteroatoms. The molecular weight excluding hydrogens is 270 g/mol. The first kappa shape index (κ1) is 13.8. The third-order valence-electron chi connectivity index (χ3n) is 3.59. The molecule has 1 aliphatic rings. The standard InChI is InChI=1S/C14H19N5O2/c1-10-16-17-18-19(10)13-8-11(5-6-14(13)20-2)15-9-12-4-3-7-21-12/h5-6,8,12,15H,3-4,7,9H2,1-2H3/t12-/m0/s1. The predicted molar refractivity (Wildman–Crippen MR) is 77.9 cm³/mol. The van der Waals surface area contributed by atoms with Gasteiger partial charge in [-0.05, 0) is 48.4 Å². The third-order valence-corrected chi connectivity index (χ3v) is 3.59. The van der Waals surface area contributed by atoms with Crippen LogP contribution in [0.5, 0.6) is 5.75 Å². The highest BCUT2D eigenvalue weighted by atomic mass is 16.5. The summed E-state index contributed by atoms with van der Waals surface area (Å²) >= 11 is 0. The molecule has 2 heterocycles. The fraction of sp³-hybridized carbons (Fsp3) is 0.500. The van der Waals surface area contributed by atoms with Gasteiger partial charge in [-0.15, -0.1) is 5.10 Å². The highest BCUT2D eigenvalue weighted by molar-refractivity contribution is 5.58. The van der Waals surface area contributed by atoms with Crippen molar-refractivity contribution < 1.29 is 9.47 Å². The number of hydrogen-bond acceptors (Lipinski definition) is 6. The highest BCUT2D eigenvalue weighted by Gasteiger charge is 2.16. The molecule has 0 aliphatic carbocycles. The molecule has 0 radical (unpaired) electrons. The molecule has 1 fully saturated rings. The summed E-state index contributed by atoms with van der Waals surface area (Å²) in [5.41, 5.74) is 1.81. The van der Waals surface area contributed by atoms with Crippen LogP contribution in [-0.4, -0.2) is 46.6 Å². The first-order valence-electron chi connectivity index (χ1n) is 7.07. The van der Waals surface area contributed by atoms with Crippen molar-refractivity contribution in [2.24, 2.45) is 0 Å². The van der Waals surface area contributed by atoms with Crippen molar-refractivity contribution in [3.05, 3.63) is 24.0 Å². The van der Waals surface area contributed by atoms with Gasteiger partial charge in [0, 0.05) is 18.8 Å². The first-order valence-corrected chi connectivity index (χ1v) is 7.07. The molecule has 21 heavy (non-hydrogen) atoms. The van der Waals surface area contributed by atoms with Gasteiger partial charge >= 0.3 is 0 Å². The van der Waals surface area contributed by atoms with Crippen molar-refractivity contribution >= 4 is 5.69 Å². The molecule has 3 rings (SSSR count). The van der Waals surface area contributed by atoms with E-state index in [4.69, 9.17) is 9.47 Å². The summed E-state index contributed by atoms with van der Waals surface area (Å²) in [6.07, 6.45) is 2.55. The quantitative estimate of drug-likeness (QED) is 0.900. The van der Waals surface area contributed by atoms with E-state index in [-0.39, 0.29) is 0 Å². The van der Waals surface area contributed by atoms with Crippen LogP contribution in [0, 0.1) is 6.92 Å². The molecule has 0 bridgehead atoms. The van der Waals surface area contributed by atoms with Crippen LogP contribution in [0.4, 0.5) is 5.69 Å². The van der Waals surface area contributed by atoms with Gasteiger partial charge in [-0.3, -0.25) is 0 Å². The van der Waals surface area contributed by atoms with E-state index in [9.17, 15) is 0 Å². The Labute approximate surface area is 123 Å². The number of hydrogen-bond donors (Lipinski definition) is 1. The summed E-state index contributed by atoms with van der Waals surface area (Å²) < 4.78 is 12.7. The van der Waals surface area contributed by atoms with Crippen molar-refractivity contribution in [1.29, 1.82) is 0 Å². The van der Waals surface area contributed by atoms with Crippen LogP contribution >= 0.6 is 0 Å². The van der Waals surface area contributed by atoms with E-state index in [0.29, 0.717) is 11.9 Å². The van der Waals surface area contributed by atoms with Crippen LogP contribution in [0.1, 0.15) is 18.7 Å². The number of ether oxygens (including phenoxy) is 2. The van der Waals surface area contributed by atoms with Crippen molar-refractivity contribution in [3.8, 4) is 11.4 Å². The molecule has 1 aromatic heterocycles. The van der Waals surface area contributed by atoms with Gasteiger partial charge < -0.3 is 14.8 Å². The van der Waals surface area contributed by atoms with E-state index in [2.05, 4.69) is 20.8 Å². The summed E-state index contributed by atoms with van der Waals surface area (Å²) in [5, 5.41) is 15.0. The molecular formula is C14H19N5O2. The minimum absolute atomic E-state index is 0.297. The van der Waals surface area contributed by atoms with Gasteiger partial charge in [0.2, 0.25) is 0 Å². The Morgan fingerprint density at radius 1 is 1.48 bits per heavy atom. The second-order valence-corrected chi connectivity index (χ2v) is 5.04. The van der Waals surface area contributed by atoms with Crippen LogP contribution in [0.15, 0.2) is 18.2 Å². The number of tetrazole rings is 1. The van der Waals surface area contributed by atoms with Gasteiger partial charge in [-0.2, -0.15) is 4.68 Å². The van der Waals surface area contributed by atoms with Crippen LogP contribution in [0.3, 0.4) is 0 Å². The number of rotatable bonds is 5. The van der Waals surface area contributed by atoms with Gasteiger partial charge in [0.15, 0.2) is 5.82 Å². The maximum absolute atomic E-state index is 5.62. The van der Waals surface area contributed by atoms with Gasteiger partial charge in [0.25, 0.3) is 0 Å². The molecule has 0 amide bonds. The van der Waals surface area contributed by atoms with Crippen LogP contribution in [0.25, 0.3) is 5.69 Å². The minimum Gasteiger partial charge on any atom is -0.494 e.